The van der Waals surface area contributed by atoms with Gasteiger partial charge in [-0.1, -0.05) is 35.5 Å². The Morgan fingerprint density at radius 1 is 1.33 bits per heavy atom. The molecule has 0 aliphatic heterocycles. The maximum Gasteiger partial charge on any atom is 0.414 e. The van der Waals surface area contributed by atoms with Crippen LogP contribution in [0.15, 0.2) is 34.9 Å². The van der Waals surface area contributed by atoms with E-state index in [1.165, 1.54) is 0 Å². The Labute approximate surface area is 119 Å². The first-order chi connectivity index (χ1) is 10.1. The number of anilines is 1. The zero-order valence-electron chi connectivity index (χ0n) is 10.9. The lowest BCUT2D eigenvalue weighted by atomic mass is 10.2. The summed E-state index contributed by atoms with van der Waals surface area (Å²) >= 11 is 0. The Hall–Kier alpha value is -2.87. The Balaban J connectivity index is 1.98. The first kappa shape index (κ1) is 14.5. The first-order valence-corrected chi connectivity index (χ1v) is 6.01. The van der Waals surface area contributed by atoms with Crippen molar-refractivity contribution in [3.05, 3.63) is 47.2 Å². The lowest BCUT2D eigenvalue weighted by Crippen LogP contribution is -2.15. The van der Waals surface area contributed by atoms with Crippen LogP contribution in [0.2, 0.25) is 0 Å². The van der Waals surface area contributed by atoms with Crippen LogP contribution in [0.1, 0.15) is 21.6 Å². The number of benzene rings is 1. The highest BCUT2D eigenvalue weighted by Crippen LogP contribution is 2.19. The summed E-state index contributed by atoms with van der Waals surface area (Å²) in [5, 5.41) is 14.5. The van der Waals surface area contributed by atoms with Crippen LogP contribution in [-0.4, -0.2) is 22.3 Å². The van der Waals surface area contributed by atoms with Gasteiger partial charge in [-0.15, -0.1) is 0 Å². The van der Waals surface area contributed by atoms with Crippen molar-refractivity contribution in [3.63, 3.8) is 0 Å². The molecular formula is C13H13N3O5. The topological polar surface area (TPSA) is 128 Å². The third kappa shape index (κ3) is 3.57. The summed E-state index contributed by atoms with van der Waals surface area (Å²) in [6.07, 6.45) is -0.790. The molecule has 0 unspecified atom stereocenters. The van der Waals surface area contributed by atoms with Gasteiger partial charge < -0.3 is 20.1 Å². The Morgan fingerprint density at radius 3 is 2.67 bits per heavy atom. The molecule has 0 saturated carbocycles. The molecule has 1 amide bonds. The van der Waals surface area contributed by atoms with Crippen molar-refractivity contribution >= 4 is 17.9 Å². The molecule has 8 nitrogen and oxygen atoms in total. The highest BCUT2D eigenvalue weighted by atomic mass is 16.6. The molecule has 0 aliphatic carbocycles. The lowest BCUT2D eigenvalue weighted by molar-refractivity contribution is 0.0684. The van der Waals surface area contributed by atoms with Crippen molar-refractivity contribution in [3.8, 4) is 0 Å². The van der Waals surface area contributed by atoms with E-state index in [9.17, 15) is 9.59 Å². The molecular weight excluding hydrogens is 278 g/mol. The van der Waals surface area contributed by atoms with Gasteiger partial charge in [-0.05, 0) is 5.56 Å². The molecule has 110 valence electrons. The number of nitrogens with one attached hydrogen (secondary N) is 1. The molecule has 0 spiro atoms. The van der Waals surface area contributed by atoms with Gasteiger partial charge in [0, 0.05) is 6.54 Å². The molecule has 0 radical (unpaired) electrons. The number of carboxylic acids is 1. The summed E-state index contributed by atoms with van der Waals surface area (Å²) in [6.45, 7) is -0.0655. The van der Waals surface area contributed by atoms with E-state index in [0.717, 1.165) is 5.56 Å². The second-order valence-corrected chi connectivity index (χ2v) is 4.03. The van der Waals surface area contributed by atoms with Gasteiger partial charge in [-0.2, -0.15) is 0 Å². The maximum absolute atomic E-state index is 11.6. The number of nitrogens with zero attached hydrogens (tertiary/aromatic N) is 1. The number of aromatic carboxylic acids is 1. The Morgan fingerprint density at radius 2 is 2.05 bits per heavy atom. The second-order valence-electron chi connectivity index (χ2n) is 4.03. The molecule has 0 aliphatic rings. The van der Waals surface area contributed by atoms with Crippen LogP contribution >= 0.6 is 0 Å². The first-order valence-electron chi connectivity index (χ1n) is 6.01. The van der Waals surface area contributed by atoms with Gasteiger partial charge >= 0.3 is 12.1 Å². The molecule has 1 heterocycles. The molecule has 2 aromatic rings. The molecule has 2 rings (SSSR count). The van der Waals surface area contributed by atoms with Gasteiger partial charge in [-0.3, -0.25) is 5.32 Å². The SMILES string of the molecule is NCc1c(C(=O)O)noc1NC(=O)OCc1ccccc1. The van der Waals surface area contributed by atoms with Crippen LogP contribution in [0, 0.1) is 0 Å². The zero-order valence-corrected chi connectivity index (χ0v) is 10.9. The summed E-state index contributed by atoms with van der Waals surface area (Å²) in [7, 11) is 0. The largest absolute Gasteiger partial charge is 0.476 e. The number of nitrogens with two attached hydrogens (primary N) is 1. The highest BCUT2D eigenvalue weighted by molar-refractivity contribution is 5.91. The minimum Gasteiger partial charge on any atom is -0.476 e. The number of carbonyl (C=O) groups excluding carboxylic acids is 1. The lowest BCUT2D eigenvalue weighted by Gasteiger charge is -2.05. The fourth-order valence-corrected chi connectivity index (χ4v) is 1.62. The molecule has 0 atom stereocenters. The number of carboxylic acid groups (broad SMARTS) is 1. The second kappa shape index (κ2) is 6.53. The minimum atomic E-state index is -1.29. The van der Waals surface area contributed by atoms with Crippen LogP contribution in [0.25, 0.3) is 0 Å². The van der Waals surface area contributed by atoms with E-state index in [1.807, 2.05) is 18.2 Å². The Bertz CT molecular complexity index is 639. The fourth-order valence-electron chi connectivity index (χ4n) is 1.62. The van der Waals surface area contributed by atoms with Crippen molar-refractivity contribution in [2.45, 2.75) is 13.2 Å². The monoisotopic (exact) mass is 291 g/mol. The van der Waals surface area contributed by atoms with Gasteiger partial charge in [0.2, 0.25) is 5.88 Å². The summed E-state index contributed by atoms with van der Waals surface area (Å²) in [5.41, 5.74) is 5.99. The van der Waals surface area contributed by atoms with E-state index in [-0.39, 0.29) is 30.3 Å². The van der Waals surface area contributed by atoms with Gasteiger partial charge in [-0.25, -0.2) is 9.59 Å². The number of amides is 1. The summed E-state index contributed by atoms with van der Waals surface area (Å²) in [4.78, 5) is 22.5. The van der Waals surface area contributed by atoms with Crippen LogP contribution in [0.3, 0.4) is 0 Å². The number of hydrogen-bond acceptors (Lipinski definition) is 6. The van der Waals surface area contributed by atoms with Crippen LogP contribution in [-0.2, 0) is 17.9 Å². The molecule has 8 heteroatoms. The van der Waals surface area contributed by atoms with E-state index in [2.05, 4.69) is 10.5 Å². The maximum atomic E-state index is 11.6. The van der Waals surface area contributed by atoms with Crippen molar-refractivity contribution in [1.29, 1.82) is 0 Å². The summed E-state index contributed by atoms with van der Waals surface area (Å²) in [5.74, 6) is -1.42. The third-order valence-corrected chi connectivity index (χ3v) is 2.62. The van der Waals surface area contributed by atoms with Crippen LogP contribution in [0.4, 0.5) is 10.7 Å². The van der Waals surface area contributed by atoms with E-state index in [1.54, 1.807) is 12.1 Å². The molecule has 0 fully saturated rings. The van der Waals surface area contributed by atoms with Gasteiger partial charge in [0.15, 0.2) is 5.69 Å². The van der Waals surface area contributed by atoms with E-state index >= 15 is 0 Å². The average molecular weight is 291 g/mol. The van der Waals surface area contributed by atoms with Crippen molar-refractivity contribution in [2.75, 3.05) is 5.32 Å². The molecule has 1 aromatic heterocycles. The normalized spacial score (nSPS) is 10.1. The molecule has 0 saturated heterocycles. The van der Waals surface area contributed by atoms with Crippen LogP contribution in [0.5, 0.6) is 0 Å². The predicted molar refractivity (Wildman–Crippen MR) is 71.6 cm³/mol. The molecule has 4 N–H and O–H groups in total. The number of rotatable bonds is 5. The molecule has 0 bridgehead atoms. The molecule has 21 heavy (non-hydrogen) atoms. The van der Waals surface area contributed by atoms with E-state index in [4.69, 9.17) is 20.1 Å². The van der Waals surface area contributed by atoms with Gasteiger partial charge in [0.25, 0.3) is 0 Å². The number of aromatic nitrogens is 1. The third-order valence-electron chi connectivity index (χ3n) is 2.62. The summed E-state index contributed by atoms with van der Waals surface area (Å²) in [6, 6.07) is 9.08. The predicted octanol–water partition coefficient (Wildman–Crippen LogP) is 1.58. The minimum absolute atomic E-state index is 0.0740. The number of ether oxygens (including phenoxy) is 1. The zero-order chi connectivity index (χ0) is 15.2. The standard InChI is InChI=1S/C13H13N3O5/c14-6-9-10(12(17)18)16-21-11(9)15-13(19)20-7-8-4-2-1-3-5-8/h1-5H,6-7,14H2,(H,15,19)(H,17,18). The average Bonchev–Trinajstić information content (AvgIpc) is 2.89. The highest BCUT2D eigenvalue weighted by Gasteiger charge is 2.22. The van der Waals surface area contributed by atoms with Gasteiger partial charge in [0.05, 0.1) is 5.56 Å². The van der Waals surface area contributed by atoms with Crippen LogP contribution < -0.4 is 11.1 Å². The summed E-state index contributed by atoms with van der Waals surface area (Å²) < 4.78 is 9.72. The van der Waals surface area contributed by atoms with E-state index < -0.39 is 12.1 Å². The number of hydrogen-bond donors (Lipinski definition) is 3. The number of carbonyl (C=O) groups is 2. The van der Waals surface area contributed by atoms with Gasteiger partial charge in [0.1, 0.15) is 6.61 Å². The quantitative estimate of drug-likeness (QED) is 0.762. The fraction of sp³-hybridized carbons (Fsp3) is 0.154. The van der Waals surface area contributed by atoms with Crippen molar-refractivity contribution in [2.24, 2.45) is 5.73 Å². The molecule has 1 aromatic carbocycles. The van der Waals surface area contributed by atoms with Crippen molar-refractivity contribution < 1.29 is 24.0 Å². The van der Waals surface area contributed by atoms with E-state index in [0.29, 0.717) is 0 Å². The smallest absolute Gasteiger partial charge is 0.414 e. The van der Waals surface area contributed by atoms with Crippen molar-refractivity contribution in [1.82, 2.24) is 5.16 Å². The Kier molecular flexibility index (Phi) is 4.52.